The van der Waals surface area contributed by atoms with Gasteiger partial charge >= 0.3 is 0 Å². The Labute approximate surface area is 122 Å². The number of nitrogens with zero attached hydrogens (tertiary/aromatic N) is 5. The van der Waals surface area contributed by atoms with Crippen LogP contribution >= 0.6 is 11.3 Å². The van der Waals surface area contributed by atoms with Crippen molar-refractivity contribution in [3.05, 3.63) is 17.0 Å². The van der Waals surface area contributed by atoms with Gasteiger partial charge in [-0.3, -0.25) is 4.68 Å². The molecule has 2 aromatic heterocycles. The Balaban J connectivity index is 1.84. The van der Waals surface area contributed by atoms with E-state index in [4.69, 9.17) is 4.74 Å². The minimum Gasteiger partial charge on any atom is -0.480 e. The van der Waals surface area contributed by atoms with E-state index >= 15 is 0 Å². The zero-order valence-corrected chi connectivity index (χ0v) is 13.1. The van der Waals surface area contributed by atoms with Crippen molar-refractivity contribution < 1.29 is 4.74 Å². The Morgan fingerprint density at radius 1 is 1.45 bits per heavy atom. The van der Waals surface area contributed by atoms with E-state index < -0.39 is 0 Å². The highest BCUT2D eigenvalue weighted by molar-refractivity contribution is 7.15. The molecule has 20 heavy (non-hydrogen) atoms. The lowest BCUT2D eigenvalue weighted by molar-refractivity contribution is 0.395. The molecule has 8 heteroatoms. The molecule has 0 radical (unpaired) electrons. The van der Waals surface area contributed by atoms with Gasteiger partial charge in [0.15, 0.2) is 11.0 Å². The predicted molar refractivity (Wildman–Crippen MR) is 79.4 cm³/mol. The summed E-state index contributed by atoms with van der Waals surface area (Å²) < 4.78 is 7.01. The van der Waals surface area contributed by atoms with Crippen LogP contribution in [-0.2, 0) is 20.0 Å². The fraction of sp³-hybridized carbons (Fsp3) is 0.583. The van der Waals surface area contributed by atoms with Gasteiger partial charge in [0.1, 0.15) is 6.33 Å². The molecule has 1 N–H and O–H groups in total. The van der Waals surface area contributed by atoms with Gasteiger partial charge in [-0.15, -0.1) is 0 Å². The van der Waals surface area contributed by atoms with Crippen LogP contribution in [0.5, 0.6) is 5.88 Å². The summed E-state index contributed by atoms with van der Waals surface area (Å²) in [5.74, 6) is 1.55. The largest absolute Gasteiger partial charge is 0.480 e. The lowest BCUT2D eigenvalue weighted by Gasteiger charge is -2.05. The number of aromatic nitrogens is 4. The first-order valence-corrected chi connectivity index (χ1v) is 7.18. The zero-order valence-electron chi connectivity index (χ0n) is 12.3. The second kappa shape index (κ2) is 6.67. The first-order valence-electron chi connectivity index (χ1n) is 6.36. The molecular weight excluding hydrogens is 276 g/mol. The second-order valence-corrected chi connectivity index (χ2v) is 5.65. The van der Waals surface area contributed by atoms with E-state index in [1.807, 2.05) is 26.0 Å². The average molecular weight is 296 g/mol. The number of ether oxygens (including phenoxy) is 1. The first kappa shape index (κ1) is 14.7. The third-order valence-corrected chi connectivity index (χ3v) is 3.89. The smallest absolute Gasteiger partial charge is 0.230 e. The van der Waals surface area contributed by atoms with E-state index in [9.17, 15) is 0 Å². The number of methoxy groups -OCH3 is 1. The molecule has 0 fully saturated rings. The van der Waals surface area contributed by atoms with Crippen LogP contribution in [0.1, 0.15) is 10.7 Å². The van der Waals surface area contributed by atoms with Gasteiger partial charge in [-0.2, -0.15) is 10.1 Å². The standard InChI is InChI=1S/C12H20N6OS/c1-17(2)12-15-11(19-4)9(20-12)7-13-6-5-10-14-8-18(3)16-10/h8,13H,5-7H2,1-4H3. The molecule has 0 aliphatic carbocycles. The second-order valence-electron chi connectivity index (χ2n) is 4.58. The van der Waals surface area contributed by atoms with Crippen LogP contribution in [-0.4, -0.2) is 47.5 Å². The van der Waals surface area contributed by atoms with Gasteiger partial charge in [0, 0.05) is 40.7 Å². The molecule has 110 valence electrons. The molecule has 0 saturated heterocycles. The van der Waals surface area contributed by atoms with Gasteiger partial charge in [0.2, 0.25) is 5.88 Å². The summed E-state index contributed by atoms with van der Waals surface area (Å²) in [6.07, 6.45) is 2.52. The van der Waals surface area contributed by atoms with Crippen molar-refractivity contribution in [2.24, 2.45) is 7.05 Å². The number of nitrogens with one attached hydrogen (secondary N) is 1. The van der Waals surface area contributed by atoms with Crippen LogP contribution in [0.15, 0.2) is 6.33 Å². The Bertz CT molecular complexity index is 550. The average Bonchev–Trinajstić information content (AvgIpc) is 3.01. The molecule has 2 heterocycles. The third kappa shape index (κ3) is 3.67. The van der Waals surface area contributed by atoms with E-state index in [2.05, 4.69) is 20.4 Å². The fourth-order valence-electron chi connectivity index (χ4n) is 1.69. The maximum atomic E-state index is 5.30. The summed E-state index contributed by atoms with van der Waals surface area (Å²) in [4.78, 5) is 11.7. The first-order chi connectivity index (χ1) is 9.60. The van der Waals surface area contributed by atoms with Gasteiger partial charge in [-0.05, 0) is 0 Å². The van der Waals surface area contributed by atoms with E-state index in [-0.39, 0.29) is 0 Å². The van der Waals surface area contributed by atoms with E-state index in [1.165, 1.54) is 0 Å². The van der Waals surface area contributed by atoms with Crippen LogP contribution in [0.3, 0.4) is 0 Å². The minimum atomic E-state index is 0.696. The van der Waals surface area contributed by atoms with Crippen molar-refractivity contribution in [3.8, 4) is 5.88 Å². The number of anilines is 1. The van der Waals surface area contributed by atoms with Gasteiger partial charge in [0.05, 0.1) is 12.0 Å². The van der Waals surface area contributed by atoms with Crippen molar-refractivity contribution in [1.29, 1.82) is 0 Å². The summed E-state index contributed by atoms with van der Waals surface area (Å²) in [5, 5.41) is 8.56. The van der Waals surface area contributed by atoms with Crippen molar-refractivity contribution in [1.82, 2.24) is 25.1 Å². The third-order valence-electron chi connectivity index (χ3n) is 2.68. The lowest BCUT2D eigenvalue weighted by Crippen LogP contribution is -2.17. The van der Waals surface area contributed by atoms with Crippen LogP contribution in [0, 0.1) is 0 Å². The lowest BCUT2D eigenvalue weighted by atomic mass is 10.4. The maximum Gasteiger partial charge on any atom is 0.230 e. The van der Waals surface area contributed by atoms with Crippen LogP contribution < -0.4 is 15.0 Å². The monoisotopic (exact) mass is 296 g/mol. The normalized spacial score (nSPS) is 10.8. The molecule has 0 unspecified atom stereocenters. The molecule has 0 amide bonds. The Hall–Kier alpha value is -1.67. The summed E-state index contributed by atoms with van der Waals surface area (Å²) >= 11 is 1.63. The Morgan fingerprint density at radius 3 is 2.85 bits per heavy atom. The van der Waals surface area contributed by atoms with Gasteiger partial charge in [-0.25, -0.2) is 4.98 Å². The fourth-order valence-corrected chi connectivity index (χ4v) is 2.61. The SMILES string of the molecule is COc1nc(N(C)C)sc1CNCCc1ncn(C)n1. The molecule has 0 atom stereocenters. The van der Waals surface area contributed by atoms with Crippen molar-refractivity contribution >= 4 is 16.5 Å². The predicted octanol–water partition coefficient (Wildman–Crippen LogP) is 0.678. The minimum absolute atomic E-state index is 0.696. The van der Waals surface area contributed by atoms with Crippen molar-refractivity contribution in [2.75, 3.05) is 32.6 Å². The van der Waals surface area contributed by atoms with Gasteiger partial charge in [0.25, 0.3) is 0 Å². The van der Waals surface area contributed by atoms with Crippen molar-refractivity contribution in [3.63, 3.8) is 0 Å². The summed E-state index contributed by atoms with van der Waals surface area (Å²) in [6.45, 7) is 1.56. The number of aryl methyl sites for hydroxylation is 1. The highest BCUT2D eigenvalue weighted by atomic mass is 32.1. The highest BCUT2D eigenvalue weighted by Gasteiger charge is 2.12. The summed E-state index contributed by atoms with van der Waals surface area (Å²) in [5.41, 5.74) is 0. The molecule has 0 aromatic carbocycles. The Morgan fingerprint density at radius 2 is 2.25 bits per heavy atom. The van der Waals surface area contributed by atoms with Crippen molar-refractivity contribution in [2.45, 2.75) is 13.0 Å². The molecule has 0 saturated carbocycles. The van der Waals surface area contributed by atoms with Crippen LogP contribution in [0.2, 0.25) is 0 Å². The number of thiazole rings is 1. The summed E-state index contributed by atoms with van der Waals surface area (Å²) in [6, 6.07) is 0. The highest BCUT2D eigenvalue weighted by Crippen LogP contribution is 2.30. The van der Waals surface area contributed by atoms with Gasteiger partial charge in [-0.1, -0.05) is 11.3 Å². The molecular formula is C12H20N6OS. The summed E-state index contributed by atoms with van der Waals surface area (Å²) in [7, 11) is 7.47. The van der Waals surface area contributed by atoms with E-state index in [0.29, 0.717) is 5.88 Å². The number of hydrogen-bond donors (Lipinski definition) is 1. The molecule has 2 aromatic rings. The quantitative estimate of drug-likeness (QED) is 0.758. The molecule has 0 bridgehead atoms. The topological polar surface area (TPSA) is 68.1 Å². The molecule has 7 nitrogen and oxygen atoms in total. The van der Waals surface area contributed by atoms with E-state index in [1.54, 1.807) is 29.5 Å². The zero-order chi connectivity index (χ0) is 14.5. The molecule has 0 aliphatic rings. The molecule has 0 aliphatic heterocycles. The molecule has 0 spiro atoms. The van der Waals surface area contributed by atoms with Gasteiger partial charge < -0.3 is 15.0 Å². The molecule has 2 rings (SSSR count). The Kier molecular flexibility index (Phi) is 4.91. The van der Waals surface area contributed by atoms with E-state index in [0.717, 1.165) is 35.3 Å². The number of hydrogen-bond acceptors (Lipinski definition) is 7. The maximum absolute atomic E-state index is 5.30. The van der Waals surface area contributed by atoms with Crippen LogP contribution in [0.25, 0.3) is 0 Å². The van der Waals surface area contributed by atoms with Crippen LogP contribution in [0.4, 0.5) is 5.13 Å². The number of rotatable bonds is 7.